The SMILES string of the molecule is Cn1c(=O)n(C2CCC(=O)NC2=O)c2ccc(CC3CCC(Cc4cc5c6c(c4)C[C@@H](C(=O)N[C@@H](CCC(N)=O)C(=O)NC(c4ccccc4)c4ccccc4)N6C(=O)[C@@H](NC(=O)OC(C)(C)C)CC5)CC3)cc21. The van der Waals surface area contributed by atoms with Crippen molar-refractivity contribution in [3.63, 3.8) is 0 Å². The third-order valence-electron chi connectivity index (χ3n) is 15.1. The highest BCUT2D eigenvalue weighted by molar-refractivity contribution is 6.08. The Bertz CT molecular complexity index is 3000. The van der Waals surface area contributed by atoms with Crippen LogP contribution >= 0.6 is 0 Å². The van der Waals surface area contributed by atoms with Crippen molar-refractivity contribution in [2.45, 2.75) is 140 Å². The van der Waals surface area contributed by atoms with Gasteiger partial charge in [0.15, 0.2) is 0 Å². The molecule has 0 spiro atoms. The van der Waals surface area contributed by atoms with Gasteiger partial charge in [0.1, 0.15) is 29.8 Å². The first-order valence-corrected chi connectivity index (χ1v) is 25.9. The summed E-state index contributed by atoms with van der Waals surface area (Å²) in [4.78, 5) is 109. The number of aromatic nitrogens is 2. The number of primary amides is 1. The smallest absolute Gasteiger partial charge is 0.408 e. The minimum absolute atomic E-state index is 0.0752. The zero-order valence-electron chi connectivity index (χ0n) is 42.5. The number of benzene rings is 4. The van der Waals surface area contributed by atoms with E-state index in [1.807, 2.05) is 78.9 Å². The van der Waals surface area contributed by atoms with Gasteiger partial charge in [-0.1, -0.05) is 78.9 Å². The maximum Gasteiger partial charge on any atom is 0.408 e. The second-order valence-electron chi connectivity index (χ2n) is 21.6. The fraction of sp³-hybridized carbons (Fsp3) is 0.439. The molecule has 0 radical (unpaired) electrons. The molecule has 5 aromatic rings. The second kappa shape index (κ2) is 21.5. The number of carbonyl (C=O) groups excluding carboxylic acids is 7. The lowest BCUT2D eigenvalue weighted by molar-refractivity contribution is -0.136. The van der Waals surface area contributed by atoms with Crippen LogP contribution in [0.4, 0.5) is 10.5 Å². The molecule has 4 heterocycles. The van der Waals surface area contributed by atoms with Gasteiger partial charge in [-0.15, -0.1) is 0 Å². The van der Waals surface area contributed by atoms with Gasteiger partial charge in [0.05, 0.1) is 22.8 Å². The van der Waals surface area contributed by atoms with E-state index in [2.05, 4.69) is 33.4 Å². The van der Waals surface area contributed by atoms with Crippen molar-refractivity contribution in [3.05, 3.63) is 135 Å². The number of hydrogen-bond acceptors (Lipinski definition) is 9. The molecule has 1 saturated carbocycles. The molecule has 3 aliphatic heterocycles. The van der Waals surface area contributed by atoms with Crippen molar-refractivity contribution in [1.82, 2.24) is 30.4 Å². The summed E-state index contributed by atoms with van der Waals surface area (Å²) in [5, 5.41) is 11.2. The lowest BCUT2D eigenvalue weighted by Crippen LogP contribution is -2.57. The number of fused-ring (bicyclic) bond motifs is 1. The quantitative estimate of drug-likeness (QED) is 0.0813. The number of alkyl carbamates (subject to hydrolysis) is 1. The Labute approximate surface area is 429 Å². The van der Waals surface area contributed by atoms with Crippen LogP contribution < -0.4 is 37.6 Å². The molecule has 1 unspecified atom stereocenters. The summed E-state index contributed by atoms with van der Waals surface area (Å²) >= 11 is 0. The zero-order valence-corrected chi connectivity index (χ0v) is 42.5. The van der Waals surface area contributed by atoms with Crippen molar-refractivity contribution in [2.75, 3.05) is 4.90 Å². The minimum atomic E-state index is -1.18. The van der Waals surface area contributed by atoms with E-state index >= 15 is 0 Å². The van der Waals surface area contributed by atoms with E-state index in [0.717, 1.165) is 77.4 Å². The summed E-state index contributed by atoms with van der Waals surface area (Å²) in [6.07, 6.45) is 6.06. The average molecular weight is 1010 g/mol. The number of nitrogens with zero attached hydrogens (tertiary/aromatic N) is 3. The first-order chi connectivity index (χ1) is 35.4. The number of carbonyl (C=O) groups is 7. The van der Waals surface area contributed by atoms with Crippen LogP contribution in [0.5, 0.6) is 0 Å². The van der Waals surface area contributed by atoms with Crippen LogP contribution in [-0.4, -0.2) is 74.4 Å². The Hall–Kier alpha value is -7.56. The summed E-state index contributed by atoms with van der Waals surface area (Å²) in [5.41, 5.74) is 12.1. The van der Waals surface area contributed by atoms with Crippen molar-refractivity contribution in [2.24, 2.45) is 24.6 Å². The van der Waals surface area contributed by atoms with Crippen LogP contribution in [0.1, 0.15) is 124 Å². The van der Waals surface area contributed by atoms with E-state index in [9.17, 15) is 38.4 Å². The summed E-state index contributed by atoms with van der Waals surface area (Å²) in [6.45, 7) is 5.22. The molecular formula is C57H66N8O9. The number of imide groups is 1. The van der Waals surface area contributed by atoms with Crippen LogP contribution in [0.2, 0.25) is 0 Å². The number of amides is 7. The van der Waals surface area contributed by atoms with Gasteiger partial charge in [0.2, 0.25) is 35.4 Å². The standard InChI is InChI=1S/C57H66N8O9/c1-57(2,3)74-55(72)60-42-21-20-39-29-36(28-34-17-15-33(16-18-34)27-35-19-23-43-45(31-35)63(4)56(73)64(43)44-24-26-48(67)61-52(44)69)30-40-32-46(65(50(39)40)54(42)71)53(70)59-41(22-25-47(58)66)51(68)62-49(37-11-7-5-8-12-37)38-13-9-6-10-14-38/h5-14,19,23,29-31,33-34,41-42,44,46,49H,15-18,20-22,24-28,32H2,1-4H3,(H2,58,66)(H,59,70)(H,60,72)(H,62,68)(H,61,67,69)/t33?,34?,41-,42-,44?,46-/m0/s1. The maximum atomic E-state index is 14.8. The minimum Gasteiger partial charge on any atom is -0.444 e. The Morgan fingerprint density at radius 2 is 1.39 bits per heavy atom. The van der Waals surface area contributed by atoms with Gasteiger partial charge >= 0.3 is 11.8 Å². The van der Waals surface area contributed by atoms with E-state index < -0.39 is 71.4 Å². The largest absolute Gasteiger partial charge is 0.444 e. The highest BCUT2D eigenvalue weighted by Crippen LogP contribution is 2.42. The van der Waals surface area contributed by atoms with Gasteiger partial charge < -0.3 is 26.4 Å². The molecule has 4 aromatic carbocycles. The lowest BCUT2D eigenvalue weighted by atomic mass is 9.77. The third kappa shape index (κ3) is 11.3. The van der Waals surface area contributed by atoms with Gasteiger partial charge in [-0.3, -0.25) is 48.1 Å². The summed E-state index contributed by atoms with van der Waals surface area (Å²) in [7, 11) is 1.71. The molecule has 17 nitrogen and oxygen atoms in total. The van der Waals surface area contributed by atoms with Gasteiger partial charge in [0, 0.05) is 26.3 Å². The van der Waals surface area contributed by atoms with Gasteiger partial charge in [0.25, 0.3) is 0 Å². The van der Waals surface area contributed by atoms with Crippen molar-refractivity contribution in [1.29, 1.82) is 0 Å². The lowest BCUT2D eigenvalue weighted by Gasteiger charge is -2.30. The molecule has 6 N–H and O–H groups in total. The topological polar surface area (TPSA) is 233 Å². The molecule has 4 atom stereocenters. The predicted molar refractivity (Wildman–Crippen MR) is 278 cm³/mol. The second-order valence-corrected chi connectivity index (χ2v) is 21.6. The third-order valence-corrected chi connectivity index (χ3v) is 15.1. The number of nitrogens with one attached hydrogen (secondary N) is 4. The van der Waals surface area contributed by atoms with E-state index in [1.54, 1.807) is 32.4 Å². The summed E-state index contributed by atoms with van der Waals surface area (Å²) in [5.74, 6) is -2.15. The van der Waals surface area contributed by atoms with Crippen LogP contribution in [0, 0.1) is 11.8 Å². The first-order valence-electron chi connectivity index (χ1n) is 25.9. The maximum absolute atomic E-state index is 14.8. The Morgan fingerprint density at radius 1 is 0.757 bits per heavy atom. The summed E-state index contributed by atoms with van der Waals surface area (Å²) in [6, 6.07) is 24.5. The Kier molecular flexibility index (Phi) is 14.9. The number of aryl methyl sites for hydroxylation is 2. The highest BCUT2D eigenvalue weighted by Gasteiger charge is 2.46. The number of rotatable bonds is 15. The summed E-state index contributed by atoms with van der Waals surface area (Å²) < 4.78 is 8.64. The molecule has 7 amide bonds. The molecule has 388 valence electrons. The highest BCUT2D eigenvalue weighted by atomic mass is 16.6. The predicted octanol–water partition coefficient (Wildman–Crippen LogP) is 5.66. The molecule has 9 rings (SSSR count). The molecular weight excluding hydrogens is 941 g/mol. The molecule has 74 heavy (non-hydrogen) atoms. The number of ether oxygens (including phenoxy) is 1. The fourth-order valence-corrected chi connectivity index (χ4v) is 11.5. The fourth-order valence-electron chi connectivity index (χ4n) is 11.5. The van der Waals surface area contributed by atoms with Gasteiger partial charge in [-0.05, 0) is 142 Å². The molecule has 17 heteroatoms. The molecule has 1 aliphatic carbocycles. The first kappa shape index (κ1) is 51.3. The van der Waals surface area contributed by atoms with E-state index in [0.29, 0.717) is 29.5 Å². The number of nitrogens with two attached hydrogens (primary N) is 1. The van der Waals surface area contributed by atoms with Crippen LogP contribution in [0.3, 0.4) is 0 Å². The number of piperidine rings is 1. The van der Waals surface area contributed by atoms with Crippen LogP contribution in [0.15, 0.2) is 95.8 Å². The normalized spacial score (nSPS) is 21.1. The van der Waals surface area contributed by atoms with Crippen molar-refractivity contribution >= 4 is 58.3 Å². The van der Waals surface area contributed by atoms with Crippen LogP contribution in [0.25, 0.3) is 11.0 Å². The molecule has 0 bridgehead atoms. The van der Waals surface area contributed by atoms with E-state index in [4.69, 9.17) is 10.5 Å². The Balaban J connectivity index is 0.918. The van der Waals surface area contributed by atoms with Crippen LogP contribution in [-0.2, 0) is 66.2 Å². The van der Waals surface area contributed by atoms with E-state index in [1.165, 1.54) is 9.47 Å². The monoisotopic (exact) mass is 1010 g/mol. The van der Waals surface area contributed by atoms with Crippen molar-refractivity contribution < 1.29 is 38.3 Å². The number of hydrogen-bond donors (Lipinski definition) is 5. The van der Waals surface area contributed by atoms with E-state index in [-0.39, 0.29) is 50.1 Å². The zero-order chi connectivity index (χ0) is 52.4. The molecule has 4 aliphatic rings. The molecule has 2 fully saturated rings. The average Bonchev–Trinajstić information content (AvgIpc) is 3.83. The van der Waals surface area contributed by atoms with Gasteiger partial charge in [-0.2, -0.15) is 0 Å². The molecule has 1 saturated heterocycles. The number of anilines is 1. The Morgan fingerprint density at radius 3 is 2.01 bits per heavy atom. The van der Waals surface area contributed by atoms with Gasteiger partial charge in [-0.25, -0.2) is 9.59 Å². The number of imidazole rings is 1. The van der Waals surface area contributed by atoms with Crippen molar-refractivity contribution in [3.8, 4) is 0 Å². The molecule has 1 aromatic heterocycles.